The zero-order valence-electron chi connectivity index (χ0n) is 7.86. The molecule has 0 fully saturated rings. The molecule has 7 heteroatoms. The van der Waals surface area contributed by atoms with Crippen molar-refractivity contribution in [3.8, 4) is 0 Å². The lowest BCUT2D eigenvalue weighted by Crippen LogP contribution is -2.34. The van der Waals surface area contributed by atoms with Gasteiger partial charge in [-0.1, -0.05) is 0 Å². The van der Waals surface area contributed by atoms with E-state index in [-0.39, 0.29) is 5.96 Å². The summed E-state index contributed by atoms with van der Waals surface area (Å²) in [6.45, 7) is 1.49. The van der Waals surface area contributed by atoms with E-state index < -0.39 is 5.03 Å². The maximum Gasteiger partial charge on any atom is 0.266 e. The molecule has 0 aromatic rings. The van der Waals surface area contributed by atoms with Crippen LogP contribution in [0.15, 0.2) is 5.10 Å². The van der Waals surface area contributed by atoms with Gasteiger partial charge >= 0.3 is 0 Å². The number of nitrogens with two attached hydrogens (primary N) is 1. The van der Waals surface area contributed by atoms with Crippen LogP contribution in [0, 0.1) is 10.1 Å². The van der Waals surface area contributed by atoms with Crippen molar-refractivity contribution in [3.63, 3.8) is 0 Å². The topological polar surface area (TPSA) is 96.8 Å². The molecule has 0 atom stereocenters. The van der Waals surface area contributed by atoms with Crippen LogP contribution in [-0.4, -0.2) is 43.1 Å². The van der Waals surface area contributed by atoms with Crippen molar-refractivity contribution in [2.75, 3.05) is 27.2 Å². The average molecular weight is 189 g/mol. The molecule has 0 aromatic carbocycles. The van der Waals surface area contributed by atoms with E-state index in [0.29, 0.717) is 6.54 Å². The molecule has 0 spiro atoms. The molecule has 0 radical (unpaired) electrons. The number of nitrogens with one attached hydrogen (secondary N) is 1. The third kappa shape index (κ3) is 8.54. The number of nitro groups is 1. The Hall–Kier alpha value is -1.37. The van der Waals surface area contributed by atoms with Gasteiger partial charge in [0.15, 0.2) is 5.03 Å². The van der Waals surface area contributed by atoms with Crippen LogP contribution in [0.25, 0.3) is 0 Å². The normalized spacial score (nSPS) is 11.8. The van der Waals surface area contributed by atoms with Crippen LogP contribution in [0.4, 0.5) is 0 Å². The van der Waals surface area contributed by atoms with Crippen LogP contribution in [0.3, 0.4) is 0 Å². The Morgan fingerprint density at radius 3 is 2.77 bits per heavy atom. The van der Waals surface area contributed by atoms with Crippen LogP contribution in [0.5, 0.6) is 0 Å². The second-order valence-corrected chi connectivity index (χ2v) is 2.81. The Kier molecular flexibility index (Phi) is 5.53. The van der Waals surface area contributed by atoms with Gasteiger partial charge in [0.25, 0.3) is 5.96 Å². The molecule has 0 unspecified atom stereocenters. The molecule has 0 heterocycles. The van der Waals surface area contributed by atoms with Crippen LogP contribution >= 0.6 is 0 Å². The van der Waals surface area contributed by atoms with Crippen molar-refractivity contribution >= 4 is 5.96 Å². The third-order valence-corrected chi connectivity index (χ3v) is 1.28. The third-order valence-electron chi connectivity index (χ3n) is 1.28. The smallest absolute Gasteiger partial charge is 0.266 e. The fraction of sp³-hybridized carbons (Fsp3) is 0.833. The summed E-state index contributed by atoms with van der Waals surface area (Å²) >= 11 is 0. The Labute approximate surface area is 76.7 Å². The molecule has 0 bridgehead atoms. The summed E-state index contributed by atoms with van der Waals surface area (Å²) in [6.07, 6.45) is 0.862. The first-order chi connectivity index (χ1) is 6.02. The van der Waals surface area contributed by atoms with Crippen LogP contribution in [-0.2, 0) is 0 Å². The first kappa shape index (κ1) is 11.6. The molecule has 7 nitrogen and oxygen atoms in total. The first-order valence-corrected chi connectivity index (χ1v) is 3.89. The Bertz CT molecular complexity index is 191. The summed E-state index contributed by atoms with van der Waals surface area (Å²) < 4.78 is 0. The summed E-state index contributed by atoms with van der Waals surface area (Å²) in [5.74, 6) is -0.149. The fourth-order valence-electron chi connectivity index (χ4n) is 0.735. The number of hydrogen-bond acceptors (Lipinski definition) is 3. The quantitative estimate of drug-likeness (QED) is 0.191. The SMILES string of the molecule is CN(C)CCCN/C(N)=N/[N+](=O)[O-]. The number of hydrazone groups is 1. The summed E-state index contributed by atoms with van der Waals surface area (Å²) in [5, 5.41) is 14.5. The van der Waals surface area contributed by atoms with E-state index in [9.17, 15) is 10.1 Å². The molecule has 0 aliphatic rings. The van der Waals surface area contributed by atoms with E-state index in [4.69, 9.17) is 5.73 Å². The molecular weight excluding hydrogens is 174 g/mol. The Morgan fingerprint density at radius 1 is 1.69 bits per heavy atom. The van der Waals surface area contributed by atoms with E-state index in [1.165, 1.54) is 0 Å². The fourth-order valence-corrected chi connectivity index (χ4v) is 0.735. The molecule has 0 amide bonds. The molecule has 0 saturated heterocycles. The highest BCUT2D eigenvalue weighted by molar-refractivity contribution is 5.76. The summed E-state index contributed by atoms with van der Waals surface area (Å²) in [6, 6.07) is 0. The van der Waals surface area contributed by atoms with Gasteiger partial charge in [0, 0.05) is 6.54 Å². The Morgan fingerprint density at radius 2 is 2.31 bits per heavy atom. The molecule has 0 aromatic heterocycles. The minimum absolute atomic E-state index is 0.149. The van der Waals surface area contributed by atoms with Gasteiger partial charge in [-0.25, -0.2) is 10.1 Å². The minimum Gasteiger partial charge on any atom is -0.365 e. The minimum atomic E-state index is -0.825. The highest BCUT2D eigenvalue weighted by Crippen LogP contribution is 1.80. The second kappa shape index (κ2) is 6.18. The van der Waals surface area contributed by atoms with Crippen molar-refractivity contribution in [1.82, 2.24) is 10.2 Å². The van der Waals surface area contributed by atoms with Crippen LogP contribution in [0.1, 0.15) is 6.42 Å². The molecule has 0 aliphatic carbocycles. The van der Waals surface area contributed by atoms with E-state index in [1.54, 1.807) is 0 Å². The number of hydrogen-bond donors (Lipinski definition) is 2. The van der Waals surface area contributed by atoms with Crippen LogP contribution in [0.2, 0.25) is 0 Å². The van der Waals surface area contributed by atoms with Crippen molar-refractivity contribution in [3.05, 3.63) is 10.1 Å². The summed E-state index contributed by atoms with van der Waals surface area (Å²) in [5.41, 5.74) is 5.18. The zero-order chi connectivity index (χ0) is 10.3. The van der Waals surface area contributed by atoms with Crippen molar-refractivity contribution in [2.24, 2.45) is 10.8 Å². The van der Waals surface area contributed by atoms with Gasteiger partial charge in [0.05, 0.1) is 0 Å². The molecule has 0 aliphatic heterocycles. The van der Waals surface area contributed by atoms with Crippen LogP contribution < -0.4 is 11.1 Å². The van der Waals surface area contributed by atoms with E-state index in [0.717, 1.165) is 13.0 Å². The molecule has 3 N–H and O–H groups in total. The molecular formula is C6H15N5O2. The maximum atomic E-state index is 9.84. The molecule has 76 valence electrons. The number of guanidine groups is 1. The highest BCUT2D eigenvalue weighted by atomic mass is 16.7. The second-order valence-electron chi connectivity index (χ2n) is 2.81. The highest BCUT2D eigenvalue weighted by Gasteiger charge is 1.97. The molecule has 0 saturated carbocycles. The Balaban J connectivity index is 3.48. The lowest BCUT2D eigenvalue weighted by molar-refractivity contribution is -0.485. The lowest BCUT2D eigenvalue weighted by Gasteiger charge is -2.08. The van der Waals surface area contributed by atoms with E-state index >= 15 is 0 Å². The number of nitrogens with zero attached hydrogens (tertiary/aromatic N) is 3. The van der Waals surface area contributed by atoms with Gasteiger partial charge in [-0.15, -0.1) is 0 Å². The average Bonchev–Trinajstić information content (AvgIpc) is 1.96. The first-order valence-electron chi connectivity index (χ1n) is 3.89. The van der Waals surface area contributed by atoms with Gasteiger partial charge in [0.1, 0.15) is 5.10 Å². The van der Waals surface area contributed by atoms with Crippen molar-refractivity contribution in [2.45, 2.75) is 6.42 Å². The van der Waals surface area contributed by atoms with E-state index in [2.05, 4.69) is 10.4 Å². The number of rotatable bonds is 5. The predicted molar refractivity (Wildman–Crippen MR) is 49.8 cm³/mol. The predicted octanol–water partition coefficient (Wildman–Crippen LogP) is -0.966. The van der Waals surface area contributed by atoms with Gasteiger partial charge in [0.2, 0.25) is 0 Å². The molecule has 0 rings (SSSR count). The van der Waals surface area contributed by atoms with Gasteiger partial charge in [-0.2, -0.15) is 0 Å². The van der Waals surface area contributed by atoms with Crippen molar-refractivity contribution in [1.29, 1.82) is 0 Å². The summed E-state index contributed by atoms with van der Waals surface area (Å²) in [7, 11) is 3.91. The summed E-state index contributed by atoms with van der Waals surface area (Å²) in [4.78, 5) is 11.9. The van der Waals surface area contributed by atoms with Gasteiger partial charge < -0.3 is 16.0 Å². The monoisotopic (exact) mass is 189 g/mol. The van der Waals surface area contributed by atoms with E-state index in [1.807, 2.05) is 19.0 Å². The standard InChI is InChI=1S/C6H15N5O2/c1-10(2)5-3-4-8-6(7)9-11(12)13/h3-5H2,1-2H3,(H3,7,8,9). The maximum absolute atomic E-state index is 9.84. The largest absolute Gasteiger partial charge is 0.365 e. The van der Waals surface area contributed by atoms with Gasteiger partial charge in [-0.05, 0) is 27.1 Å². The lowest BCUT2D eigenvalue weighted by atomic mass is 10.4. The zero-order valence-corrected chi connectivity index (χ0v) is 7.86. The molecule has 13 heavy (non-hydrogen) atoms. The van der Waals surface area contributed by atoms with Gasteiger partial charge in [-0.3, -0.25) is 0 Å². The van der Waals surface area contributed by atoms with Crippen molar-refractivity contribution < 1.29 is 5.03 Å².